The Kier molecular flexibility index (Phi) is 11.7. The molecule has 3 aromatic rings. The first-order valence-corrected chi connectivity index (χ1v) is 13.0. The molecule has 3 aromatic carbocycles. The Bertz CT molecular complexity index is 1430. The van der Waals surface area contributed by atoms with Gasteiger partial charge in [0.05, 0.1) is 11.1 Å². The van der Waals surface area contributed by atoms with E-state index < -0.39 is 47.0 Å². The van der Waals surface area contributed by atoms with Crippen molar-refractivity contribution < 1.29 is 56.4 Å². The van der Waals surface area contributed by atoms with E-state index >= 15 is 0 Å². The molecule has 0 aliphatic rings. The quantitative estimate of drug-likeness (QED) is 0.101. The molecule has 44 heavy (non-hydrogen) atoms. The van der Waals surface area contributed by atoms with Gasteiger partial charge in [-0.15, -0.1) is 0 Å². The zero-order valence-electron chi connectivity index (χ0n) is 23.9. The van der Waals surface area contributed by atoms with Gasteiger partial charge >= 0.3 is 23.9 Å². The molecular formula is C32H28F2O10. The van der Waals surface area contributed by atoms with Crippen LogP contribution in [0.5, 0.6) is 23.0 Å². The zero-order valence-corrected chi connectivity index (χ0v) is 23.9. The molecule has 0 fully saturated rings. The number of carbonyl (C=O) groups is 4. The average molecular weight is 611 g/mol. The summed E-state index contributed by atoms with van der Waals surface area (Å²) in [4.78, 5) is 47.6. The molecule has 0 amide bonds. The van der Waals surface area contributed by atoms with Gasteiger partial charge in [-0.3, -0.25) is 0 Å². The lowest BCUT2D eigenvalue weighted by atomic mass is 10.2. The fourth-order valence-corrected chi connectivity index (χ4v) is 3.20. The molecule has 230 valence electrons. The first kappa shape index (κ1) is 33.0. The van der Waals surface area contributed by atoms with Gasteiger partial charge in [0.1, 0.15) is 37.9 Å². The van der Waals surface area contributed by atoms with Crippen molar-refractivity contribution in [1.82, 2.24) is 0 Å². The summed E-state index contributed by atoms with van der Waals surface area (Å²) >= 11 is 0. The van der Waals surface area contributed by atoms with Crippen molar-refractivity contribution in [1.29, 1.82) is 0 Å². The normalized spacial score (nSPS) is 10.3. The summed E-state index contributed by atoms with van der Waals surface area (Å²) in [5.41, 5.74) is 0.544. The Hall–Kier alpha value is -5.52. The Morgan fingerprint density at radius 1 is 0.568 bits per heavy atom. The van der Waals surface area contributed by atoms with Gasteiger partial charge in [0.15, 0.2) is 11.5 Å². The van der Waals surface area contributed by atoms with Crippen LogP contribution in [-0.2, 0) is 19.1 Å². The molecule has 0 saturated heterocycles. The molecule has 10 nitrogen and oxygen atoms in total. The van der Waals surface area contributed by atoms with E-state index in [0.717, 1.165) is 12.1 Å². The number of hydrogen-bond acceptors (Lipinski definition) is 10. The molecule has 0 heterocycles. The fourth-order valence-electron chi connectivity index (χ4n) is 3.20. The first-order chi connectivity index (χ1) is 21.0. The van der Waals surface area contributed by atoms with Crippen LogP contribution < -0.4 is 18.9 Å². The number of hydrogen-bond donors (Lipinski definition) is 0. The third-order valence-corrected chi connectivity index (χ3v) is 5.46. The second kappa shape index (κ2) is 15.6. The Balaban J connectivity index is 1.52. The Labute approximate surface area is 251 Å². The molecule has 0 spiro atoms. The highest BCUT2D eigenvalue weighted by Crippen LogP contribution is 2.29. The number of carbonyl (C=O) groups excluding carboxylic acids is 4. The summed E-state index contributed by atoms with van der Waals surface area (Å²) in [6.07, 6.45) is 0. The predicted molar refractivity (Wildman–Crippen MR) is 152 cm³/mol. The van der Waals surface area contributed by atoms with Gasteiger partial charge in [0, 0.05) is 11.1 Å². The fraction of sp³-hybridized carbons (Fsp3) is 0.188. The third-order valence-electron chi connectivity index (χ3n) is 5.46. The Morgan fingerprint density at radius 3 is 1.23 bits per heavy atom. The van der Waals surface area contributed by atoms with E-state index in [4.69, 9.17) is 28.4 Å². The van der Waals surface area contributed by atoms with Crippen molar-refractivity contribution in [2.75, 3.05) is 26.4 Å². The van der Waals surface area contributed by atoms with Gasteiger partial charge in [-0.2, -0.15) is 8.78 Å². The van der Waals surface area contributed by atoms with Crippen LogP contribution in [0.15, 0.2) is 85.0 Å². The molecule has 0 N–H and O–H groups in total. The maximum absolute atomic E-state index is 14.7. The van der Waals surface area contributed by atoms with Crippen LogP contribution in [0.4, 0.5) is 8.78 Å². The summed E-state index contributed by atoms with van der Waals surface area (Å²) in [5, 5.41) is 0. The topological polar surface area (TPSA) is 124 Å². The molecule has 0 atom stereocenters. The minimum atomic E-state index is -1.54. The second-order valence-electron chi connectivity index (χ2n) is 9.05. The minimum Gasteiger partial charge on any atom is -0.490 e. The summed E-state index contributed by atoms with van der Waals surface area (Å²) in [6, 6.07) is 13.0. The minimum absolute atomic E-state index is 0.00928. The maximum atomic E-state index is 14.7. The van der Waals surface area contributed by atoms with Crippen molar-refractivity contribution in [3.63, 3.8) is 0 Å². The van der Waals surface area contributed by atoms with Crippen LogP contribution in [0, 0.1) is 11.6 Å². The van der Waals surface area contributed by atoms with Crippen LogP contribution in [0.25, 0.3) is 0 Å². The van der Waals surface area contributed by atoms with E-state index in [2.05, 4.69) is 13.2 Å². The Morgan fingerprint density at radius 2 is 0.909 bits per heavy atom. The summed E-state index contributed by atoms with van der Waals surface area (Å²) in [5.74, 6) is -6.84. The van der Waals surface area contributed by atoms with Crippen LogP contribution >= 0.6 is 0 Å². The molecule has 0 bridgehead atoms. The number of benzene rings is 3. The van der Waals surface area contributed by atoms with Gasteiger partial charge in [-0.1, -0.05) is 13.2 Å². The van der Waals surface area contributed by atoms with E-state index in [1.807, 2.05) is 0 Å². The highest BCUT2D eigenvalue weighted by atomic mass is 19.2. The molecule has 12 heteroatoms. The highest BCUT2D eigenvalue weighted by Gasteiger charge is 2.21. The average Bonchev–Trinajstić information content (AvgIpc) is 3.01. The zero-order chi connectivity index (χ0) is 32.2. The molecular weight excluding hydrogens is 582 g/mol. The van der Waals surface area contributed by atoms with Crippen molar-refractivity contribution in [2.24, 2.45) is 0 Å². The molecule has 3 rings (SSSR count). The largest absolute Gasteiger partial charge is 0.490 e. The van der Waals surface area contributed by atoms with E-state index in [9.17, 15) is 28.0 Å². The van der Waals surface area contributed by atoms with Crippen LogP contribution in [0.2, 0.25) is 0 Å². The lowest BCUT2D eigenvalue weighted by molar-refractivity contribution is -0.140. The summed E-state index contributed by atoms with van der Waals surface area (Å²) in [6.45, 7) is 10.1. The van der Waals surface area contributed by atoms with Crippen molar-refractivity contribution in [3.05, 3.63) is 108 Å². The third kappa shape index (κ3) is 9.51. The number of rotatable bonds is 14. The smallest absolute Gasteiger partial charge is 0.343 e. The molecule has 0 radical (unpaired) electrons. The SMILES string of the molecule is C=C(C)C(=O)OCCOc1ccc(C(=O)Oc2ccc(OC(=O)c3ccc(OCCOC(=O)C(=C)C)cc3)c(F)c2F)cc1. The van der Waals surface area contributed by atoms with Crippen molar-refractivity contribution in [2.45, 2.75) is 13.8 Å². The monoisotopic (exact) mass is 610 g/mol. The van der Waals surface area contributed by atoms with E-state index in [1.54, 1.807) is 0 Å². The molecule has 0 unspecified atom stereocenters. The molecule has 0 aliphatic heterocycles. The lowest BCUT2D eigenvalue weighted by Gasteiger charge is -2.11. The van der Waals surface area contributed by atoms with Crippen molar-refractivity contribution >= 4 is 23.9 Å². The van der Waals surface area contributed by atoms with Gasteiger partial charge in [0.2, 0.25) is 11.6 Å². The van der Waals surface area contributed by atoms with Gasteiger partial charge in [0.25, 0.3) is 0 Å². The highest BCUT2D eigenvalue weighted by molar-refractivity contribution is 5.92. The van der Waals surface area contributed by atoms with E-state index in [0.29, 0.717) is 11.5 Å². The first-order valence-electron chi connectivity index (χ1n) is 13.0. The molecule has 0 saturated carbocycles. The summed E-state index contributed by atoms with van der Waals surface area (Å²) in [7, 11) is 0. The summed E-state index contributed by atoms with van der Waals surface area (Å²) < 4.78 is 59.9. The number of halogens is 2. The maximum Gasteiger partial charge on any atom is 0.343 e. The van der Waals surface area contributed by atoms with Gasteiger partial charge < -0.3 is 28.4 Å². The standard InChI is InChI=1S/C32H28F2O10/c1-19(2)29(35)41-17-15-39-23-9-5-21(6-10-23)31(37)43-25-13-14-26(28(34)27(25)33)44-32(38)22-7-11-24(12-8-22)40-16-18-42-30(36)20(3)4/h5-14H,1,3,15-18H2,2,4H3. The number of ether oxygens (including phenoxy) is 6. The molecule has 0 aliphatic carbocycles. The lowest BCUT2D eigenvalue weighted by Crippen LogP contribution is -2.13. The van der Waals surface area contributed by atoms with Crippen LogP contribution in [0.1, 0.15) is 34.6 Å². The van der Waals surface area contributed by atoms with Gasteiger partial charge in [-0.05, 0) is 74.5 Å². The van der Waals surface area contributed by atoms with Crippen LogP contribution in [0.3, 0.4) is 0 Å². The van der Waals surface area contributed by atoms with E-state index in [-0.39, 0.29) is 48.7 Å². The second-order valence-corrected chi connectivity index (χ2v) is 9.05. The van der Waals surface area contributed by atoms with E-state index in [1.165, 1.54) is 62.4 Å². The predicted octanol–water partition coefficient (Wildman–Crippen LogP) is 5.40. The van der Waals surface area contributed by atoms with Crippen LogP contribution in [-0.4, -0.2) is 50.3 Å². The van der Waals surface area contributed by atoms with Crippen molar-refractivity contribution in [3.8, 4) is 23.0 Å². The van der Waals surface area contributed by atoms with Gasteiger partial charge in [-0.25, -0.2) is 19.2 Å². The molecule has 0 aromatic heterocycles. The number of esters is 4.